The lowest BCUT2D eigenvalue weighted by Crippen LogP contribution is -2.53. The van der Waals surface area contributed by atoms with E-state index in [1.807, 2.05) is 12.1 Å². The molecule has 0 amide bonds. The summed E-state index contributed by atoms with van der Waals surface area (Å²) in [5.74, 6) is 0. The van der Waals surface area contributed by atoms with Crippen LogP contribution in [0, 0.1) is 0 Å². The van der Waals surface area contributed by atoms with Gasteiger partial charge in [-0.3, -0.25) is 4.55 Å². The van der Waals surface area contributed by atoms with Gasteiger partial charge in [-0.05, 0) is 17.2 Å². The lowest BCUT2D eigenvalue weighted by molar-refractivity contribution is 0.0518. The van der Waals surface area contributed by atoms with Gasteiger partial charge in [0.2, 0.25) is 0 Å². The zero-order valence-corrected chi connectivity index (χ0v) is 15.7. The molecule has 1 heterocycles. The molecule has 2 unspecified atom stereocenters. The van der Waals surface area contributed by atoms with E-state index in [-0.39, 0.29) is 26.2 Å². The number of hydrogen-bond donors (Lipinski definition) is 2. The molecule has 2 atom stereocenters. The van der Waals surface area contributed by atoms with Crippen molar-refractivity contribution >= 4 is 15.8 Å². The monoisotopic (exact) mass is 389 g/mol. The summed E-state index contributed by atoms with van der Waals surface area (Å²) in [6.07, 6.45) is 0.720. The van der Waals surface area contributed by atoms with Gasteiger partial charge in [-0.15, -0.1) is 6.58 Å². The first-order valence-corrected chi connectivity index (χ1v) is 10.1. The molecule has 144 valence electrons. The van der Waals surface area contributed by atoms with Crippen LogP contribution in [0.3, 0.4) is 0 Å². The second-order valence-electron chi connectivity index (χ2n) is 6.52. The van der Waals surface area contributed by atoms with Gasteiger partial charge in [0.05, 0.1) is 19.3 Å². The lowest BCUT2D eigenvalue weighted by Gasteiger charge is -2.39. The van der Waals surface area contributed by atoms with Crippen LogP contribution in [0.4, 0.5) is 5.69 Å². The Hall–Kier alpha value is -2.19. The van der Waals surface area contributed by atoms with Crippen LogP contribution >= 0.6 is 0 Å². The van der Waals surface area contributed by atoms with E-state index in [9.17, 15) is 18.1 Å². The number of ether oxygens (including phenoxy) is 1. The second-order valence-corrected chi connectivity index (χ2v) is 8.15. The third-order valence-corrected chi connectivity index (χ3v) is 6.19. The first-order chi connectivity index (χ1) is 12.9. The summed E-state index contributed by atoms with van der Waals surface area (Å²) >= 11 is 0. The molecule has 0 aromatic heterocycles. The molecule has 0 bridgehead atoms. The summed E-state index contributed by atoms with van der Waals surface area (Å²) in [6, 6.07) is 15.8. The fourth-order valence-corrected chi connectivity index (χ4v) is 4.83. The molecule has 3 rings (SSSR count). The zero-order chi connectivity index (χ0) is 19.5. The minimum atomic E-state index is -4.55. The zero-order valence-electron chi connectivity index (χ0n) is 14.9. The van der Waals surface area contributed by atoms with Crippen molar-refractivity contribution < 1.29 is 22.8 Å². The predicted octanol–water partition coefficient (Wildman–Crippen LogP) is 2.35. The highest BCUT2D eigenvalue weighted by Gasteiger charge is 2.54. The average molecular weight is 389 g/mol. The van der Waals surface area contributed by atoms with Crippen LogP contribution in [0.15, 0.2) is 67.3 Å². The Kier molecular flexibility index (Phi) is 5.67. The molecule has 1 aliphatic heterocycles. The van der Waals surface area contributed by atoms with Crippen LogP contribution in [0.1, 0.15) is 11.1 Å². The SMILES string of the molecule is C=CCOCC(O)CN1c2ccccc2CC1(c1ccccc1)S(=O)(=O)O. The molecular weight excluding hydrogens is 366 g/mol. The smallest absolute Gasteiger partial charge is 0.294 e. The van der Waals surface area contributed by atoms with Crippen molar-refractivity contribution in [3.63, 3.8) is 0 Å². The van der Waals surface area contributed by atoms with Gasteiger partial charge in [0, 0.05) is 18.7 Å². The molecule has 27 heavy (non-hydrogen) atoms. The van der Waals surface area contributed by atoms with E-state index < -0.39 is 21.1 Å². The molecule has 0 fully saturated rings. The lowest BCUT2D eigenvalue weighted by atomic mass is 10.0. The Morgan fingerprint density at radius 3 is 2.52 bits per heavy atom. The molecule has 0 saturated carbocycles. The van der Waals surface area contributed by atoms with Gasteiger partial charge in [-0.2, -0.15) is 8.42 Å². The molecule has 0 radical (unpaired) electrons. The molecule has 2 N–H and O–H groups in total. The number of anilines is 1. The van der Waals surface area contributed by atoms with E-state index in [1.165, 1.54) is 0 Å². The molecule has 2 aromatic rings. The maximum atomic E-state index is 12.7. The van der Waals surface area contributed by atoms with Gasteiger partial charge in [-0.1, -0.05) is 54.6 Å². The Balaban J connectivity index is 2.07. The number of aliphatic hydroxyl groups is 1. The number of nitrogens with zero attached hydrogens (tertiary/aromatic N) is 1. The molecule has 0 aliphatic carbocycles. The normalized spacial score (nSPS) is 20.3. The van der Waals surface area contributed by atoms with Crippen LogP contribution in [-0.4, -0.2) is 43.9 Å². The number of para-hydroxylation sites is 1. The van der Waals surface area contributed by atoms with E-state index in [4.69, 9.17) is 4.74 Å². The summed E-state index contributed by atoms with van der Waals surface area (Å²) < 4.78 is 40.9. The Labute approximate surface area is 159 Å². The summed E-state index contributed by atoms with van der Waals surface area (Å²) in [7, 11) is -4.55. The van der Waals surface area contributed by atoms with Crippen molar-refractivity contribution in [3.05, 3.63) is 78.4 Å². The minimum absolute atomic E-state index is 0.0111. The highest BCUT2D eigenvalue weighted by Crippen LogP contribution is 2.48. The highest BCUT2D eigenvalue weighted by atomic mass is 32.2. The van der Waals surface area contributed by atoms with Crippen LogP contribution in [-0.2, 0) is 26.1 Å². The number of rotatable bonds is 8. The molecule has 6 nitrogen and oxygen atoms in total. The third kappa shape index (κ3) is 3.64. The fraction of sp³-hybridized carbons (Fsp3) is 0.300. The largest absolute Gasteiger partial charge is 0.389 e. The number of fused-ring (bicyclic) bond motifs is 1. The van der Waals surface area contributed by atoms with Crippen molar-refractivity contribution in [1.29, 1.82) is 0 Å². The molecule has 7 heteroatoms. The van der Waals surface area contributed by atoms with Gasteiger partial charge >= 0.3 is 0 Å². The van der Waals surface area contributed by atoms with Crippen molar-refractivity contribution in [2.45, 2.75) is 17.4 Å². The summed E-state index contributed by atoms with van der Waals surface area (Å²) in [5, 5.41) is 10.4. The van der Waals surface area contributed by atoms with Gasteiger partial charge in [0.1, 0.15) is 0 Å². The maximum Gasteiger partial charge on any atom is 0.294 e. The molecule has 0 saturated heterocycles. The second kappa shape index (κ2) is 7.82. The standard InChI is InChI=1S/C20H23NO5S/c1-2-12-26-15-18(22)14-21-19-11-7-6-8-16(19)13-20(21,27(23,24)25)17-9-4-3-5-10-17/h2-11,18,22H,1,12-15H2,(H,23,24,25). The molecule has 1 aliphatic rings. The van der Waals surface area contributed by atoms with Crippen molar-refractivity contribution in [2.75, 3.05) is 24.7 Å². The van der Waals surface area contributed by atoms with E-state index in [0.29, 0.717) is 11.3 Å². The average Bonchev–Trinajstić information content (AvgIpc) is 2.98. The molecular formula is C20H23NO5S. The summed E-state index contributed by atoms with van der Waals surface area (Å²) in [4.78, 5) is -0.133. The first kappa shape index (κ1) is 19.6. The Bertz CT molecular complexity index is 900. The molecule has 2 aromatic carbocycles. The van der Waals surface area contributed by atoms with Gasteiger partial charge in [0.25, 0.3) is 10.1 Å². The van der Waals surface area contributed by atoms with Crippen LogP contribution in [0.5, 0.6) is 0 Å². The number of hydrogen-bond acceptors (Lipinski definition) is 5. The topological polar surface area (TPSA) is 87.1 Å². The van der Waals surface area contributed by atoms with E-state index in [0.717, 1.165) is 5.56 Å². The van der Waals surface area contributed by atoms with E-state index in [2.05, 4.69) is 6.58 Å². The quantitative estimate of drug-likeness (QED) is 0.409. The number of aliphatic hydroxyl groups excluding tert-OH is 1. The Morgan fingerprint density at radius 2 is 1.85 bits per heavy atom. The van der Waals surface area contributed by atoms with Crippen molar-refractivity contribution in [3.8, 4) is 0 Å². The Morgan fingerprint density at radius 1 is 1.19 bits per heavy atom. The van der Waals surface area contributed by atoms with Crippen LogP contribution in [0.25, 0.3) is 0 Å². The summed E-state index contributed by atoms with van der Waals surface area (Å²) in [5.41, 5.74) is 1.91. The van der Waals surface area contributed by atoms with Crippen molar-refractivity contribution in [1.82, 2.24) is 0 Å². The fourth-order valence-electron chi connectivity index (χ4n) is 3.60. The first-order valence-electron chi connectivity index (χ1n) is 8.65. The highest BCUT2D eigenvalue weighted by molar-refractivity contribution is 7.87. The number of β-amino-alcohol motifs (C(OH)–C–C–N with tert-alkyl or cyclic N) is 1. The summed E-state index contributed by atoms with van der Waals surface area (Å²) in [6.45, 7) is 3.86. The minimum Gasteiger partial charge on any atom is -0.389 e. The van der Waals surface area contributed by atoms with Crippen LogP contribution < -0.4 is 4.90 Å². The van der Waals surface area contributed by atoms with E-state index >= 15 is 0 Å². The molecule has 0 spiro atoms. The van der Waals surface area contributed by atoms with Gasteiger partial charge in [-0.25, -0.2) is 0 Å². The van der Waals surface area contributed by atoms with Crippen molar-refractivity contribution in [2.24, 2.45) is 0 Å². The number of benzene rings is 2. The maximum absolute atomic E-state index is 12.7. The van der Waals surface area contributed by atoms with Crippen LogP contribution in [0.2, 0.25) is 0 Å². The van der Waals surface area contributed by atoms with E-state index in [1.54, 1.807) is 53.4 Å². The van der Waals surface area contributed by atoms with Gasteiger partial charge in [0.15, 0.2) is 4.87 Å². The third-order valence-electron chi connectivity index (χ3n) is 4.74. The predicted molar refractivity (Wildman–Crippen MR) is 104 cm³/mol. The van der Waals surface area contributed by atoms with Gasteiger partial charge < -0.3 is 14.7 Å².